The quantitative estimate of drug-likeness (QED) is 0.506. The summed E-state index contributed by atoms with van der Waals surface area (Å²) in [6, 6.07) is 8.61. The van der Waals surface area contributed by atoms with Crippen LogP contribution in [0.2, 0.25) is 0 Å². The lowest BCUT2D eigenvalue weighted by molar-refractivity contribution is -0.117. The van der Waals surface area contributed by atoms with E-state index in [4.69, 9.17) is 0 Å². The maximum absolute atomic E-state index is 14.3. The van der Waals surface area contributed by atoms with Crippen LogP contribution in [0.3, 0.4) is 0 Å². The Morgan fingerprint density at radius 2 is 2.00 bits per heavy atom. The topological polar surface area (TPSA) is 84.0 Å². The Morgan fingerprint density at radius 1 is 1.19 bits per heavy atom. The first-order chi connectivity index (χ1) is 14.9. The van der Waals surface area contributed by atoms with Gasteiger partial charge in [-0.1, -0.05) is 30.8 Å². The van der Waals surface area contributed by atoms with Crippen molar-refractivity contribution < 1.29 is 14.0 Å². The molecule has 0 bridgehead atoms. The van der Waals surface area contributed by atoms with E-state index in [2.05, 4.69) is 27.2 Å². The molecule has 2 N–H and O–H groups in total. The van der Waals surface area contributed by atoms with Crippen molar-refractivity contribution in [2.45, 2.75) is 31.6 Å². The Kier molecular flexibility index (Phi) is 5.90. The number of carbonyl (C=O) groups is 2. The number of thiazole rings is 1. The fourth-order valence-electron chi connectivity index (χ4n) is 3.11. The monoisotopic (exact) mass is 436 g/mol. The fraction of sp³-hybridized carbons (Fsp3) is 0.217. The summed E-state index contributed by atoms with van der Waals surface area (Å²) in [6.07, 6.45) is 6.74. The van der Waals surface area contributed by atoms with E-state index in [9.17, 15) is 14.0 Å². The summed E-state index contributed by atoms with van der Waals surface area (Å²) in [5.41, 5.74) is 2.05. The molecule has 1 aliphatic carbocycles. The lowest BCUT2D eigenvalue weighted by atomic mass is 9.96. The number of hydrogen-bond acceptors (Lipinski definition) is 5. The summed E-state index contributed by atoms with van der Waals surface area (Å²) < 4.78 is 14.3. The van der Waals surface area contributed by atoms with Crippen LogP contribution >= 0.6 is 11.3 Å². The molecule has 0 spiro atoms. The maximum atomic E-state index is 14.3. The molecule has 0 saturated heterocycles. The number of aromatic nitrogens is 2. The third-order valence-electron chi connectivity index (χ3n) is 5.11. The largest absolute Gasteiger partial charge is 0.305 e. The third kappa shape index (κ3) is 4.86. The number of hydrogen-bond donors (Lipinski definition) is 2. The highest BCUT2D eigenvalue weighted by Crippen LogP contribution is 2.43. The second kappa shape index (κ2) is 8.77. The van der Waals surface area contributed by atoms with E-state index in [1.54, 1.807) is 0 Å². The SMILES string of the molecule is C=CC(=O)Nc1ncc(-c2cccc(C(C)C(=O)Nc3ncc(C4CC4)s3)c2)cc1F. The molecular formula is C23H21FN4O2S. The van der Waals surface area contributed by atoms with Gasteiger partial charge < -0.3 is 10.6 Å². The summed E-state index contributed by atoms with van der Waals surface area (Å²) >= 11 is 1.52. The van der Waals surface area contributed by atoms with Gasteiger partial charge in [0.15, 0.2) is 16.8 Å². The molecule has 1 unspecified atom stereocenters. The molecule has 1 aromatic carbocycles. The van der Waals surface area contributed by atoms with E-state index in [1.807, 2.05) is 37.4 Å². The summed E-state index contributed by atoms with van der Waals surface area (Å²) in [7, 11) is 0. The van der Waals surface area contributed by atoms with Gasteiger partial charge >= 0.3 is 0 Å². The minimum atomic E-state index is -0.654. The number of benzene rings is 1. The minimum absolute atomic E-state index is 0.152. The van der Waals surface area contributed by atoms with Gasteiger partial charge in [0, 0.05) is 22.8 Å². The Morgan fingerprint density at radius 3 is 2.71 bits per heavy atom. The van der Waals surface area contributed by atoms with Gasteiger partial charge in [0.25, 0.3) is 0 Å². The van der Waals surface area contributed by atoms with Gasteiger partial charge in [-0.25, -0.2) is 14.4 Å². The van der Waals surface area contributed by atoms with E-state index in [1.165, 1.54) is 41.3 Å². The predicted octanol–water partition coefficient (Wildman–Crippen LogP) is 5.09. The van der Waals surface area contributed by atoms with Crippen LogP contribution in [0.25, 0.3) is 11.1 Å². The van der Waals surface area contributed by atoms with Crippen molar-refractivity contribution in [2.24, 2.45) is 0 Å². The highest BCUT2D eigenvalue weighted by molar-refractivity contribution is 7.15. The zero-order chi connectivity index (χ0) is 22.0. The molecule has 1 fully saturated rings. The van der Waals surface area contributed by atoms with E-state index in [-0.39, 0.29) is 11.7 Å². The second-order valence-electron chi connectivity index (χ2n) is 7.43. The van der Waals surface area contributed by atoms with Crippen LogP contribution < -0.4 is 10.6 Å². The average molecular weight is 437 g/mol. The van der Waals surface area contributed by atoms with Gasteiger partial charge in [-0.3, -0.25) is 9.59 Å². The van der Waals surface area contributed by atoms with Crippen LogP contribution in [0.5, 0.6) is 0 Å². The zero-order valence-electron chi connectivity index (χ0n) is 16.9. The summed E-state index contributed by atoms with van der Waals surface area (Å²) in [4.78, 5) is 33.6. The first-order valence-electron chi connectivity index (χ1n) is 9.90. The third-order valence-corrected chi connectivity index (χ3v) is 6.19. The normalized spacial score (nSPS) is 14.0. The van der Waals surface area contributed by atoms with Crippen LogP contribution in [0.4, 0.5) is 15.3 Å². The molecule has 1 aliphatic rings. The second-order valence-corrected chi connectivity index (χ2v) is 8.49. The smallest absolute Gasteiger partial charge is 0.248 e. The number of anilines is 2. The Balaban J connectivity index is 1.49. The average Bonchev–Trinajstić information content (AvgIpc) is 3.53. The van der Waals surface area contributed by atoms with E-state index >= 15 is 0 Å². The van der Waals surface area contributed by atoms with E-state index in [0.29, 0.717) is 16.6 Å². The molecule has 3 aromatic rings. The summed E-state index contributed by atoms with van der Waals surface area (Å²) in [5.74, 6) is -1.32. The van der Waals surface area contributed by atoms with Crippen LogP contribution in [-0.4, -0.2) is 21.8 Å². The number of halogens is 1. The van der Waals surface area contributed by atoms with Crippen LogP contribution in [0.1, 0.15) is 42.0 Å². The molecule has 2 aromatic heterocycles. The highest BCUT2D eigenvalue weighted by Gasteiger charge is 2.26. The number of rotatable bonds is 7. The van der Waals surface area contributed by atoms with Crippen molar-refractivity contribution in [3.63, 3.8) is 0 Å². The molecule has 6 nitrogen and oxygen atoms in total. The van der Waals surface area contributed by atoms with Crippen LogP contribution in [0, 0.1) is 5.82 Å². The minimum Gasteiger partial charge on any atom is -0.305 e. The molecule has 0 radical (unpaired) electrons. The van der Waals surface area contributed by atoms with Crippen LogP contribution in [-0.2, 0) is 9.59 Å². The molecule has 1 atom stereocenters. The zero-order valence-corrected chi connectivity index (χ0v) is 17.7. The highest BCUT2D eigenvalue weighted by atomic mass is 32.1. The van der Waals surface area contributed by atoms with E-state index < -0.39 is 17.6 Å². The lowest BCUT2D eigenvalue weighted by Crippen LogP contribution is -2.18. The number of nitrogens with zero attached hydrogens (tertiary/aromatic N) is 2. The summed E-state index contributed by atoms with van der Waals surface area (Å²) in [5, 5.41) is 5.82. The molecule has 2 amide bonds. The summed E-state index contributed by atoms with van der Waals surface area (Å²) in [6.45, 7) is 5.15. The molecular weight excluding hydrogens is 415 g/mol. The van der Waals surface area contributed by atoms with Crippen LogP contribution in [0.15, 0.2) is 55.4 Å². The van der Waals surface area contributed by atoms with Gasteiger partial charge in [-0.2, -0.15) is 0 Å². The maximum Gasteiger partial charge on any atom is 0.248 e. The fourth-order valence-corrected chi connectivity index (χ4v) is 4.10. The van der Waals surface area contributed by atoms with Crippen molar-refractivity contribution in [3.8, 4) is 11.1 Å². The standard InChI is InChI=1S/C23H21FN4O2S/c1-3-20(29)27-21-18(24)10-17(11-25-21)16-6-4-5-15(9-16)13(2)22(30)28-23-26-12-19(31-23)14-7-8-14/h3-6,9-14H,1,7-8H2,2H3,(H,25,27,29)(H,26,28,30). The van der Waals surface area contributed by atoms with Gasteiger partial charge in [-0.05, 0) is 49.0 Å². The molecule has 0 aliphatic heterocycles. The van der Waals surface area contributed by atoms with Gasteiger partial charge in [-0.15, -0.1) is 11.3 Å². The Hall–Kier alpha value is -3.39. The predicted molar refractivity (Wildman–Crippen MR) is 120 cm³/mol. The number of nitrogens with one attached hydrogen (secondary N) is 2. The Bertz CT molecular complexity index is 1160. The number of carbonyl (C=O) groups excluding carboxylic acids is 2. The Labute approximate surface area is 183 Å². The molecule has 2 heterocycles. The van der Waals surface area contributed by atoms with Crippen molar-refractivity contribution in [1.29, 1.82) is 0 Å². The molecule has 8 heteroatoms. The van der Waals surface area contributed by atoms with Gasteiger partial charge in [0.1, 0.15) is 0 Å². The lowest BCUT2D eigenvalue weighted by Gasteiger charge is -2.13. The molecule has 4 rings (SSSR count). The number of amides is 2. The van der Waals surface area contributed by atoms with Crippen molar-refractivity contribution in [3.05, 3.63) is 71.6 Å². The van der Waals surface area contributed by atoms with Gasteiger partial charge in [0.2, 0.25) is 11.8 Å². The number of pyridine rings is 1. The van der Waals surface area contributed by atoms with Gasteiger partial charge in [0.05, 0.1) is 5.92 Å². The van der Waals surface area contributed by atoms with Crippen molar-refractivity contribution in [1.82, 2.24) is 9.97 Å². The first kappa shape index (κ1) is 20.9. The first-order valence-corrected chi connectivity index (χ1v) is 10.7. The van der Waals surface area contributed by atoms with Crippen molar-refractivity contribution in [2.75, 3.05) is 10.6 Å². The van der Waals surface area contributed by atoms with E-state index in [0.717, 1.165) is 17.2 Å². The van der Waals surface area contributed by atoms with Crippen molar-refractivity contribution >= 4 is 34.1 Å². The molecule has 1 saturated carbocycles. The molecule has 158 valence electrons. The molecule has 31 heavy (non-hydrogen) atoms.